The Morgan fingerprint density at radius 2 is 1.69 bits per heavy atom. The molecule has 0 bridgehead atoms. The molecule has 0 unspecified atom stereocenters. The minimum atomic E-state index is -0.879. The highest BCUT2D eigenvalue weighted by atomic mass is 16.4. The average Bonchev–Trinajstić information content (AvgIpc) is 2.16. The summed E-state index contributed by atoms with van der Waals surface area (Å²) in [6.07, 6.45) is 0. The quantitative estimate of drug-likeness (QED) is 0.686. The largest absolute Gasteiger partial charge is 0.481 e. The minimum absolute atomic E-state index is 0.111. The summed E-state index contributed by atoms with van der Waals surface area (Å²) in [5.74, 6) is -1.67. The van der Waals surface area contributed by atoms with Crippen LogP contribution in [0, 0.1) is 5.92 Å². The van der Waals surface area contributed by atoms with Crippen molar-refractivity contribution in [3.8, 4) is 0 Å². The second-order valence-corrected chi connectivity index (χ2v) is 3.36. The maximum Gasteiger partial charge on any atom is 0.335 e. The predicted octanol–water partition coefficient (Wildman–Crippen LogP) is 0.675. The van der Waals surface area contributed by atoms with E-state index in [4.69, 9.17) is 10.2 Å². The molecule has 1 fully saturated rings. The first-order chi connectivity index (χ1) is 7.61. The molecule has 2 rings (SSSR count). The van der Waals surface area contributed by atoms with Crippen LogP contribution in [0.2, 0.25) is 0 Å². The molecule has 1 aliphatic heterocycles. The molecule has 0 spiro atoms. The third-order valence-electron chi connectivity index (χ3n) is 2.15. The van der Waals surface area contributed by atoms with Gasteiger partial charge in [-0.15, -0.1) is 0 Å². The summed E-state index contributed by atoms with van der Waals surface area (Å²) in [6.45, 7) is 1.30. The molecular formula is C11H13NO4. The Bertz CT molecular complexity index is 360. The van der Waals surface area contributed by atoms with Crippen LogP contribution in [-0.2, 0) is 4.79 Å². The van der Waals surface area contributed by atoms with E-state index in [9.17, 15) is 9.59 Å². The standard InChI is InChI=1S/C7H6O2.C4H7NO2/c8-7(9)6-4-2-1-3-5-6;6-4(7)3-1-5-2-3/h1-5H,(H,8,9);3,5H,1-2H2,(H,6,7). The van der Waals surface area contributed by atoms with E-state index >= 15 is 0 Å². The SMILES string of the molecule is O=C(O)C1CNC1.O=C(O)c1ccccc1. The van der Waals surface area contributed by atoms with Gasteiger partial charge in [0.15, 0.2) is 0 Å². The molecule has 16 heavy (non-hydrogen) atoms. The van der Waals surface area contributed by atoms with E-state index < -0.39 is 11.9 Å². The average molecular weight is 223 g/mol. The van der Waals surface area contributed by atoms with Gasteiger partial charge in [-0.1, -0.05) is 18.2 Å². The third-order valence-corrected chi connectivity index (χ3v) is 2.15. The van der Waals surface area contributed by atoms with Crippen LogP contribution in [0.4, 0.5) is 0 Å². The summed E-state index contributed by atoms with van der Waals surface area (Å²) < 4.78 is 0. The van der Waals surface area contributed by atoms with Crippen molar-refractivity contribution < 1.29 is 19.8 Å². The summed E-state index contributed by atoms with van der Waals surface area (Å²) >= 11 is 0. The fraction of sp³-hybridized carbons (Fsp3) is 0.273. The second kappa shape index (κ2) is 5.87. The fourth-order valence-electron chi connectivity index (χ4n) is 1.04. The van der Waals surface area contributed by atoms with Gasteiger partial charge < -0.3 is 15.5 Å². The number of carbonyl (C=O) groups is 2. The van der Waals surface area contributed by atoms with Crippen LogP contribution in [0.15, 0.2) is 30.3 Å². The van der Waals surface area contributed by atoms with Crippen molar-refractivity contribution in [2.24, 2.45) is 5.92 Å². The van der Waals surface area contributed by atoms with Crippen LogP contribution in [0.1, 0.15) is 10.4 Å². The highest BCUT2D eigenvalue weighted by Crippen LogP contribution is 2.00. The zero-order valence-corrected chi connectivity index (χ0v) is 8.59. The molecule has 1 saturated heterocycles. The van der Waals surface area contributed by atoms with E-state index in [0.717, 1.165) is 0 Å². The van der Waals surface area contributed by atoms with Crippen LogP contribution >= 0.6 is 0 Å². The van der Waals surface area contributed by atoms with Crippen molar-refractivity contribution >= 4 is 11.9 Å². The van der Waals surface area contributed by atoms with Gasteiger partial charge in [0.1, 0.15) is 0 Å². The van der Waals surface area contributed by atoms with Crippen LogP contribution in [0.5, 0.6) is 0 Å². The van der Waals surface area contributed by atoms with Gasteiger partial charge in [-0.2, -0.15) is 0 Å². The zero-order valence-electron chi connectivity index (χ0n) is 8.59. The van der Waals surface area contributed by atoms with E-state index in [1.807, 2.05) is 0 Å². The lowest BCUT2D eigenvalue weighted by molar-refractivity contribution is -0.143. The monoisotopic (exact) mass is 223 g/mol. The number of aromatic carboxylic acids is 1. The number of rotatable bonds is 2. The van der Waals surface area contributed by atoms with E-state index in [1.54, 1.807) is 30.3 Å². The van der Waals surface area contributed by atoms with Crippen molar-refractivity contribution in [1.29, 1.82) is 0 Å². The van der Waals surface area contributed by atoms with Gasteiger partial charge in [-0.05, 0) is 12.1 Å². The molecule has 1 aliphatic rings. The van der Waals surface area contributed by atoms with E-state index in [1.165, 1.54) is 0 Å². The van der Waals surface area contributed by atoms with Gasteiger partial charge >= 0.3 is 11.9 Å². The number of carboxylic acid groups (broad SMARTS) is 2. The molecular weight excluding hydrogens is 210 g/mol. The minimum Gasteiger partial charge on any atom is -0.481 e. The van der Waals surface area contributed by atoms with Crippen molar-refractivity contribution in [3.63, 3.8) is 0 Å². The zero-order chi connectivity index (χ0) is 12.0. The van der Waals surface area contributed by atoms with Crippen molar-refractivity contribution in [1.82, 2.24) is 5.32 Å². The first kappa shape index (κ1) is 12.2. The van der Waals surface area contributed by atoms with E-state index in [-0.39, 0.29) is 5.92 Å². The molecule has 0 amide bonds. The lowest BCUT2D eigenvalue weighted by atomic mass is 10.1. The number of hydrogen-bond donors (Lipinski definition) is 3. The van der Waals surface area contributed by atoms with Crippen molar-refractivity contribution in [2.45, 2.75) is 0 Å². The smallest absolute Gasteiger partial charge is 0.335 e. The molecule has 0 radical (unpaired) electrons. The van der Waals surface area contributed by atoms with E-state index in [0.29, 0.717) is 18.7 Å². The van der Waals surface area contributed by atoms with Crippen LogP contribution in [0.25, 0.3) is 0 Å². The number of carboxylic acids is 2. The molecule has 0 atom stereocenters. The van der Waals surface area contributed by atoms with Gasteiger partial charge in [0.05, 0.1) is 11.5 Å². The van der Waals surface area contributed by atoms with Gasteiger partial charge in [0.25, 0.3) is 0 Å². The van der Waals surface area contributed by atoms with Crippen LogP contribution < -0.4 is 5.32 Å². The molecule has 0 saturated carbocycles. The topological polar surface area (TPSA) is 86.6 Å². The Morgan fingerprint density at radius 3 is 1.88 bits per heavy atom. The molecule has 0 aromatic heterocycles. The summed E-state index contributed by atoms with van der Waals surface area (Å²) in [5, 5.41) is 19.4. The van der Waals surface area contributed by atoms with Gasteiger partial charge in [0.2, 0.25) is 0 Å². The summed E-state index contributed by atoms with van der Waals surface area (Å²) in [6, 6.07) is 8.30. The fourth-order valence-corrected chi connectivity index (χ4v) is 1.04. The van der Waals surface area contributed by atoms with Crippen LogP contribution in [-0.4, -0.2) is 35.2 Å². The van der Waals surface area contributed by atoms with E-state index in [2.05, 4.69) is 5.32 Å². The normalized spacial score (nSPS) is 14.2. The number of hydrogen-bond acceptors (Lipinski definition) is 3. The number of nitrogens with one attached hydrogen (secondary N) is 1. The summed E-state index contributed by atoms with van der Waals surface area (Å²) in [4.78, 5) is 20.1. The second-order valence-electron chi connectivity index (χ2n) is 3.36. The van der Waals surface area contributed by atoms with Crippen molar-refractivity contribution in [3.05, 3.63) is 35.9 Å². The highest BCUT2D eigenvalue weighted by molar-refractivity contribution is 5.87. The Hall–Kier alpha value is -1.88. The molecule has 1 heterocycles. The lowest BCUT2D eigenvalue weighted by Crippen LogP contribution is -2.46. The maximum atomic E-state index is 10.2. The molecule has 1 aromatic carbocycles. The van der Waals surface area contributed by atoms with Crippen LogP contribution in [0.3, 0.4) is 0 Å². The third kappa shape index (κ3) is 3.70. The Morgan fingerprint density at radius 1 is 1.12 bits per heavy atom. The Kier molecular flexibility index (Phi) is 4.47. The Balaban J connectivity index is 0.000000165. The first-order valence-electron chi connectivity index (χ1n) is 4.83. The maximum absolute atomic E-state index is 10.2. The lowest BCUT2D eigenvalue weighted by Gasteiger charge is -2.21. The van der Waals surface area contributed by atoms with Gasteiger partial charge in [0, 0.05) is 13.1 Å². The highest BCUT2D eigenvalue weighted by Gasteiger charge is 2.23. The van der Waals surface area contributed by atoms with Crippen molar-refractivity contribution in [2.75, 3.05) is 13.1 Å². The number of benzene rings is 1. The molecule has 5 heteroatoms. The molecule has 3 N–H and O–H groups in total. The molecule has 0 aliphatic carbocycles. The summed E-state index contributed by atoms with van der Waals surface area (Å²) in [5.41, 5.74) is 0.331. The van der Waals surface area contributed by atoms with Gasteiger partial charge in [-0.25, -0.2) is 4.79 Å². The molecule has 5 nitrogen and oxygen atoms in total. The predicted molar refractivity (Wildman–Crippen MR) is 57.4 cm³/mol. The summed E-state index contributed by atoms with van der Waals surface area (Å²) in [7, 11) is 0. The first-order valence-corrected chi connectivity index (χ1v) is 4.83. The van der Waals surface area contributed by atoms with Gasteiger partial charge in [-0.3, -0.25) is 4.79 Å². The molecule has 1 aromatic rings. The number of aliphatic carboxylic acids is 1. The molecule has 86 valence electrons. The Labute approximate surface area is 92.7 Å².